The molecule has 0 spiro atoms. The van der Waals surface area contributed by atoms with Crippen LogP contribution in [0.1, 0.15) is 24.2 Å². The van der Waals surface area contributed by atoms with Crippen molar-refractivity contribution in [3.63, 3.8) is 0 Å². The molecule has 17 heavy (non-hydrogen) atoms. The Hall–Kier alpha value is -0.570. The highest BCUT2D eigenvalue weighted by Crippen LogP contribution is 2.22. The molecule has 1 aromatic carbocycles. The Bertz CT molecular complexity index is 404. The van der Waals surface area contributed by atoms with Gasteiger partial charge in [0.1, 0.15) is 0 Å². The molecule has 2 nitrogen and oxygen atoms in total. The van der Waals surface area contributed by atoms with Gasteiger partial charge in [-0.05, 0) is 31.2 Å². The molecule has 0 aromatic heterocycles. The van der Waals surface area contributed by atoms with Gasteiger partial charge in [-0.25, -0.2) is 0 Å². The van der Waals surface area contributed by atoms with Crippen LogP contribution in [0.5, 0.6) is 0 Å². The molecule has 0 aliphatic carbocycles. The topological polar surface area (TPSA) is 20.3 Å². The van der Waals surface area contributed by atoms with E-state index in [2.05, 4.69) is 13.8 Å². The first-order valence-corrected chi connectivity index (χ1v) is 6.32. The van der Waals surface area contributed by atoms with E-state index in [4.69, 9.17) is 23.2 Å². The second-order valence-electron chi connectivity index (χ2n) is 4.64. The summed E-state index contributed by atoms with van der Waals surface area (Å²) in [6.07, 6.45) is 0. The first-order valence-electron chi connectivity index (χ1n) is 5.57. The van der Waals surface area contributed by atoms with Gasteiger partial charge >= 0.3 is 0 Å². The van der Waals surface area contributed by atoms with E-state index in [0.717, 1.165) is 6.54 Å². The summed E-state index contributed by atoms with van der Waals surface area (Å²) in [4.78, 5) is 14.0. The number of nitrogens with zero attached hydrogens (tertiary/aromatic N) is 1. The van der Waals surface area contributed by atoms with Crippen LogP contribution >= 0.6 is 23.2 Å². The summed E-state index contributed by atoms with van der Waals surface area (Å²) in [5.74, 6) is 0.605. The van der Waals surface area contributed by atoms with Crippen LogP contribution < -0.4 is 0 Å². The molecule has 0 fully saturated rings. The lowest BCUT2D eigenvalue weighted by atomic mass is 10.1. The molecule has 1 rings (SSSR count). The summed E-state index contributed by atoms with van der Waals surface area (Å²) in [7, 11) is 1.94. The van der Waals surface area contributed by atoms with Crippen LogP contribution in [0.2, 0.25) is 10.0 Å². The number of Topliss-reactive ketones (excluding diaryl/α,β-unsaturated/α-hetero) is 1. The van der Waals surface area contributed by atoms with E-state index in [-0.39, 0.29) is 5.78 Å². The van der Waals surface area contributed by atoms with Gasteiger partial charge in [0.15, 0.2) is 5.78 Å². The largest absolute Gasteiger partial charge is 0.299 e. The summed E-state index contributed by atoms with van der Waals surface area (Å²) >= 11 is 11.7. The number of carbonyl (C=O) groups is 1. The second kappa shape index (κ2) is 6.39. The molecule has 0 atom stereocenters. The van der Waals surface area contributed by atoms with Gasteiger partial charge < -0.3 is 0 Å². The van der Waals surface area contributed by atoms with Gasteiger partial charge in [-0.1, -0.05) is 37.0 Å². The van der Waals surface area contributed by atoms with Crippen LogP contribution in [0.15, 0.2) is 18.2 Å². The van der Waals surface area contributed by atoms with Crippen molar-refractivity contribution in [2.45, 2.75) is 13.8 Å². The van der Waals surface area contributed by atoms with Crippen molar-refractivity contribution in [3.8, 4) is 0 Å². The molecule has 0 aliphatic rings. The lowest BCUT2D eigenvalue weighted by molar-refractivity contribution is 0.0940. The summed E-state index contributed by atoms with van der Waals surface area (Å²) in [5, 5.41) is 0.891. The van der Waals surface area contributed by atoms with Crippen molar-refractivity contribution in [2.75, 3.05) is 20.1 Å². The molecule has 1 aromatic rings. The van der Waals surface area contributed by atoms with Crippen LogP contribution in [-0.4, -0.2) is 30.8 Å². The maximum atomic E-state index is 12.0. The molecular formula is C13H17Cl2NO. The molecule has 0 bridgehead atoms. The van der Waals surface area contributed by atoms with E-state index in [0.29, 0.717) is 28.1 Å². The number of likely N-dealkylation sites (N-methyl/N-ethyl adjacent to an activating group) is 1. The fourth-order valence-corrected chi connectivity index (χ4v) is 1.99. The average molecular weight is 274 g/mol. The number of hydrogen-bond donors (Lipinski definition) is 0. The lowest BCUT2D eigenvalue weighted by Gasteiger charge is -2.17. The van der Waals surface area contributed by atoms with Crippen LogP contribution in [0.3, 0.4) is 0 Å². The SMILES string of the molecule is CC(C)CN(C)CC(=O)c1ccc(Cl)c(Cl)c1. The van der Waals surface area contributed by atoms with Crippen molar-refractivity contribution in [2.24, 2.45) is 5.92 Å². The fourth-order valence-electron chi connectivity index (χ4n) is 1.69. The molecule has 0 N–H and O–H groups in total. The van der Waals surface area contributed by atoms with Crippen molar-refractivity contribution < 1.29 is 4.79 Å². The third-order valence-electron chi connectivity index (χ3n) is 2.33. The van der Waals surface area contributed by atoms with E-state index >= 15 is 0 Å². The molecule has 94 valence electrons. The fraction of sp³-hybridized carbons (Fsp3) is 0.462. The zero-order valence-electron chi connectivity index (χ0n) is 10.3. The monoisotopic (exact) mass is 273 g/mol. The third-order valence-corrected chi connectivity index (χ3v) is 3.07. The molecule has 0 heterocycles. The highest BCUT2D eigenvalue weighted by Gasteiger charge is 2.11. The van der Waals surface area contributed by atoms with E-state index < -0.39 is 0 Å². The first kappa shape index (κ1) is 14.5. The van der Waals surface area contributed by atoms with Crippen LogP contribution in [0.25, 0.3) is 0 Å². The third kappa shape index (κ3) is 4.66. The lowest BCUT2D eigenvalue weighted by Crippen LogP contribution is -2.29. The highest BCUT2D eigenvalue weighted by atomic mass is 35.5. The van der Waals surface area contributed by atoms with E-state index in [1.165, 1.54) is 0 Å². The molecule has 0 amide bonds. The smallest absolute Gasteiger partial charge is 0.176 e. The maximum absolute atomic E-state index is 12.0. The second-order valence-corrected chi connectivity index (χ2v) is 5.46. The minimum absolute atomic E-state index is 0.0618. The Balaban J connectivity index is 2.66. The minimum atomic E-state index is 0.0618. The van der Waals surface area contributed by atoms with Gasteiger partial charge in [0.2, 0.25) is 0 Å². The molecule has 0 aliphatic heterocycles. The Labute approximate surface area is 113 Å². The number of carbonyl (C=O) groups excluding carboxylic acids is 1. The number of rotatable bonds is 5. The summed E-state index contributed by atoms with van der Waals surface area (Å²) < 4.78 is 0. The quantitative estimate of drug-likeness (QED) is 0.762. The molecule has 0 saturated heterocycles. The van der Waals surface area contributed by atoms with Crippen molar-refractivity contribution in [1.82, 2.24) is 4.90 Å². The minimum Gasteiger partial charge on any atom is -0.299 e. The van der Waals surface area contributed by atoms with Gasteiger partial charge in [0, 0.05) is 12.1 Å². The Morgan fingerprint density at radius 1 is 1.29 bits per heavy atom. The van der Waals surface area contributed by atoms with Gasteiger partial charge in [-0.15, -0.1) is 0 Å². The highest BCUT2D eigenvalue weighted by molar-refractivity contribution is 6.42. The van der Waals surface area contributed by atoms with Crippen molar-refractivity contribution in [3.05, 3.63) is 33.8 Å². The molecule has 4 heteroatoms. The van der Waals surface area contributed by atoms with Gasteiger partial charge in [0.05, 0.1) is 16.6 Å². The predicted octanol–water partition coefficient (Wildman–Crippen LogP) is 3.76. The number of halogens is 2. The summed E-state index contributed by atoms with van der Waals surface area (Å²) in [6, 6.07) is 4.98. The normalized spacial score (nSPS) is 11.2. The van der Waals surface area contributed by atoms with E-state index in [1.54, 1.807) is 18.2 Å². The van der Waals surface area contributed by atoms with E-state index in [1.807, 2.05) is 11.9 Å². The summed E-state index contributed by atoms with van der Waals surface area (Å²) in [5.41, 5.74) is 0.606. The Morgan fingerprint density at radius 3 is 2.47 bits per heavy atom. The standard InChI is InChI=1S/C13H17Cl2NO/c1-9(2)7-16(3)8-13(17)10-4-5-11(14)12(15)6-10/h4-6,9H,7-8H2,1-3H3. The molecular weight excluding hydrogens is 257 g/mol. The number of hydrogen-bond acceptors (Lipinski definition) is 2. The van der Waals surface area contributed by atoms with Gasteiger partial charge in [0.25, 0.3) is 0 Å². The first-order chi connectivity index (χ1) is 7.90. The zero-order valence-corrected chi connectivity index (χ0v) is 11.8. The van der Waals surface area contributed by atoms with Crippen LogP contribution in [-0.2, 0) is 0 Å². The number of benzene rings is 1. The molecule has 0 saturated carbocycles. The van der Waals surface area contributed by atoms with Gasteiger partial charge in [-0.2, -0.15) is 0 Å². The zero-order chi connectivity index (χ0) is 13.0. The summed E-state index contributed by atoms with van der Waals surface area (Å²) in [6.45, 7) is 5.55. The average Bonchev–Trinajstić information content (AvgIpc) is 2.20. The Morgan fingerprint density at radius 2 is 1.94 bits per heavy atom. The van der Waals surface area contributed by atoms with Gasteiger partial charge in [-0.3, -0.25) is 9.69 Å². The molecule has 0 unspecified atom stereocenters. The number of ketones is 1. The van der Waals surface area contributed by atoms with Crippen molar-refractivity contribution in [1.29, 1.82) is 0 Å². The maximum Gasteiger partial charge on any atom is 0.176 e. The van der Waals surface area contributed by atoms with E-state index in [9.17, 15) is 4.79 Å². The molecule has 0 radical (unpaired) electrons. The van der Waals surface area contributed by atoms with Crippen molar-refractivity contribution >= 4 is 29.0 Å². The van der Waals surface area contributed by atoms with Crippen LogP contribution in [0.4, 0.5) is 0 Å². The van der Waals surface area contributed by atoms with Crippen LogP contribution in [0, 0.1) is 5.92 Å². The predicted molar refractivity (Wildman–Crippen MR) is 73.1 cm³/mol. The Kier molecular flexibility index (Phi) is 5.44.